The van der Waals surface area contributed by atoms with Crippen LogP contribution >= 0.6 is 11.8 Å². The highest BCUT2D eigenvalue weighted by Gasteiger charge is 2.45. The van der Waals surface area contributed by atoms with Crippen LogP contribution in [0.4, 0.5) is 0 Å². The van der Waals surface area contributed by atoms with Crippen molar-refractivity contribution in [1.82, 2.24) is 10.6 Å². The van der Waals surface area contributed by atoms with Gasteiger partial charge in [-0.05, 0) is 37.7 Å². The van der Waals surface area contributed by atoms with Gasteiger partial charge >= 0.3 is 0 Å². The van der Waals surface area contributed by atoms with E-state index >= 15 is 0 Å². The van der Waals surface area contributed by atoms with Gasteiger partial charge < -0.3 is 10.6 Å². The summed E-state index contributed by atoms with van der Waals surface area (Å²) in [5, 5.41) is 6.53. The normalized spacial score (nSPS) is 17.9. The Balaban J connectivity index is 2.25. The van der Waals surface area contributed by atoms with Crippen molar-refractivity contribution < 1.29 is 8.42 Å². The molecule has 0 aromatic heterocycles. The van der Waals surface area contributed by atoms with Crippen molar-refractivity contribution in [2.45, 2.75) is 25.7 Å². The molecule has 1 fully saturated rings. The predicted molar refractivity (Wildman–Crippen MR) is 88.4 cm³/mol. The molecule has 0 atom stereocenters. The minimum Gasteiger partial charge on any atom is -0.356 e. The number of sulfone groups is 1. The molecule has 0 amide bonds. The zero-order chi connectivity index (χ0) is 15.1. The third-order valence-electron chi connectivity index (χ3n) is 3.45. The minimum absolute atomic E-state index is 0.0654. The maximum atomic E-state index is 11.4. The summed E-state index contributed by atoms with van der Waals surface area (Å²) in [7, 11) is -1.16. The molecule has 7 heteroatoms. The predicted octanol–water partition coefficient (Wildman–Crippen LogP) is 1.12. The van der Waals surface area contributed by atoms with Gasteiger partial charge in [-0.15, -0.1) is 0 Å². The number of hydrogen-bond donors (Lipinski definition) is 2. The molecule has 0 unspecified atom stereocenters. The summed E-state index contributed by atoms with van der Waals surface area (Å²) >= 11 is 1.86. The minimum atomic E-state index is -2.90. The van der Waals surface area contributed by atoms with E-state index in [0.717, 1.165) is 31.8 Å². The Bertz CT molecular complexity index is 417. The second-order valence-corrected chi connectivity index (χ2v) is 8.75. The van der Waals surface area contributed by atoms with Crippen molar-refractivity contribution in [3.8, 4) is 0 Å². The molecular weight excluding hydrogens is 294 g/mol. The Labute approximate surface area is 127 Å². The summed E-state index contributed by atoms with van der Waals surface area (Å²) in [5.74, 6) is 2.23. The summed E-state index contributed by atoms with van der Waals surface area (Å²) in [6.07, 6.45) is 7.71. The molecule has 118 valence electrons. The molecule has 1 saturated carbocycles. The largest absolute Gasteiger partial charge is 0.356 e. The lowest BCUT2D eigenvalue weighted by molar-refractivity contribution is 0.529. The lowest BCUT2D eigenvalue weighted by Crippen LogP contribution is -2.41. The van der Waals surface area contributed by atoms with Gasteiger partial charge in [-0.1, -0.05) is 0 Å². The maximum Gasteiger partial charge on any atom is 0.190 e. The van der Waals surface area contributed by atoms with Gasteiger partial charge in [-0.3, -0.25) is 4.99 Å². The molecule has 0 spiro atoms. The van der Waals surface area contributed by atoms with Gasteiger partial charge in [-0.2, -0.15) is 11.8 Å². The van der Waals surface area contributed by atoms with Crippen LogP contribution < -0.4 is 10.6 Å². The third-order valence-corrected chi connectivity index (χ3v) is 5.28. The molecule has 0 radical (unpaired) electrons. The van der Waals surface area contributed by atoms with Crippen LogP contribution in [0.25, 0.3) is 0 Å². The Morgan fingerprint density at radius 2 is 2.00 bits per heavy atom. The summed E-state index contributed by atoms with van der Waals surface area (Å²) in [6.45, 7) is 1.59. The van der Waals surface area contributed by atoms with Crippen molar-refractivity contribution in [3.05, 3.63) is 0 Å². The molecule has 20 heavy (non-hydrogen) atoms. The molecular formula is C13H27N3O2S2. The highest BCUT2D eigenvalue weighted by Crippen LogP contribution is 2.45. The van der Waals surface area contributed by atoms with Gasteiger partial charge in [0.1, 0.15) is 9.84 Å². The number of hydrogen-bond acceptors (Lipinski definition) is 4. The topological polar surface area (TPSA) is 70.6 Å². The highest BCUT2D eigenvalue weighted by atomic mass is 32.2. The van der Waals surface area contributed by atoms with Crippen LogP contribution in [0.15, 0.2) is 4.99 Å². The van der Waals surface area contributed by atoms with Gasteiger partial charge in [0.15, 0.2) is 5.96 Å². The van der Waals surface area contributed by atoms with Gasteiger partial charge in [-0.25, -0.2) is 8.42 Å². The van der Waals surface area contributed by atoms with Crippen molar-refractivity contribution in [3.63, 3.8) is 0 Å². The van der Waals surface area contributed by atoms with Crippen LogP contribution in [0.3, 0.4) is 0 Å². The van der Waals surface area contributed by atoms with Crippen molar-refractivity contribution in [2.24, 2.45) is 10.4 Å². The zero-order valence-corrected chi connectivity index (χ0v) is 14.4. The Morgan fingerprint density at radius 3 is 2.50 bits per heavy atom. The zero-order valence-electron chi connectivity index (χ0n) is 12.7. The van der Waals surface area contributed by atoms with Gasteiger partial charge in [0.2, 0.25) is 0 Å². The van der Waals surface area contributed by atoms with E-state index in [1.165, 1.54) is 18.4 Å². The lowest BCUT2D eigenvalue weighted by Gasteiger charge is -2.17. The van der Waals surface area contributed by atoms with E-state index in [0.29, 0.717) is 6.54 Å². The first-order valence-corrected chi connectivity index (χ1v) is 10.5. The van der Waals surface area contributed by atoms with Crippen molar-refractivity contribution in [1.29, 1.82) is 0 Å². The average molecular weight is 322 g/mol. The summed E-state index contributed by atoms with van der Waals surface area (Å²) < 4.78 is 22.8. The van der Waals surface area contributed by atoms with Crippen LogP contribution in [0, 0.1) is 5.41 Å². The van der Waals surface area contributed by atoms with Crippen LogP contribution in [0.1, 0.15) is 25.7 Å². The summed E-state index contributed by atoms with van der Waals surface area (Å²) in [6, 6.07) is 0. The first-order chi connectivity index (χ1) is 9.41. The third kappa shape index (κ3) is 7.38. The van der Waals surface area contributed by atoms with E-state index < -0.39 is 9.84 Å². The molecule has 0 heterocycles. The molecule has 5 nitrogen and oxygen atoms in total. The summed E-state index contributed by atoms with van der Waals surface area (Å²) in [4.78, 5) is 4.17. The average Bonchev–Trinajstić information content (AvgIpc) is 3.10. The fourth-order valence-corrected chi connectivity index (χ4v) is 4.17. The van der Waals surface area contributed by atoms with Crippen molar-refractivity contribution in [2.75, 3.05) is 44.2 Å². The van der Waals surface area contributed by atoms with Gasteiger partial charge in [0.05, 0.1) is 5.75 Å². The van der Waals surface area contributed by atoms with Gasteiger partial charge in [0.25, 0.3) is 0 Å². The first kappa shape index (κ1) is 17.6. The fourth-order valence-electron chi connectivity index (χ4n) is 2.18. The molecule has 0 aromatic carbocycles. The smallest absolute Gasteiger partial charge is 0.190 e. The monoisotopic (exact) mass is 321 g/mol. The molecule has 0 bridgehead atoms. The number of rotatable bonds is 9. The maximum absolute atomic E-state index is 11.4. The fraction of sp³-hybridized carbons (Fsp3) is 0.923. The lowest BCUT2D eigenvalue weighted by atomic mass is 10.1. The van der Waals surface area contributed by atoms with E-state index in [1.807, 2.05) is 11.8 Å². The molecule has 1 rings (SSSR count). The Morgan fingerprint density at radius 1 is 1.30 bits per heavy atom. The number of nitrogens with zero attached hydrogens (tertiary/aromatic N) is 1. The van der Waals surface area contributed by atoms with E-state index in [4.69, 9.17) is 0 Å². The van der Waals surface area contributed by atoms with E-state index in [9.17, 15) is 8.42 Å². The van der Waals surface area contributed by atoms with Crippen LogP contribution in [-0.4, -0.2) is 58.5 Å². The number of unbranched alkanes of at least 4 members (excludes halogenated alkanes) is 1. The van der Waals surface area contributed by atoms with E-state index in [2.05, 4.69) is 21.9 Å². The standard InChI is InChI=1S/C13H27N3O2S2/c1-14-12(15-8-4-5-9-19-2)16-10-13(6-7-13)11-20(3,17)18/h4-11H2,1-3H3,(H2,14,15,16). The van der Waals surface area contributed by atoms with Crippen molar-refractivity contribution >= 4 is 27.6 Å². The number of nitrogens with one attached hydrogen (secondary N) is 2. The van der Waals surface area contributed by atoms with E-state index in [-0.39, 0.29) is 11.2 Å². The van der Waals surface area contributed by atoms with Crippen LogP contribution in [0.2, 0.25) is 0 Å². The number of aliphatic imine (C=N–C) groups is 1. The molecule has 2 N–H and O–H groups in total. The molecule has 0 saturated heterocycles. The molecule has 1 aliphatic carbocycles. The molecule has 0 aromatic rings. The van der Waals surface area contributed by atoms with Gasteiger partial charge in [0, 0.05) is 31.8 Å². The van der Waals surface area contributed by atoms with Crippen LogP contribution in [-0.2, 0) is 9.84 Å². The number of guanidine groups is 1. The second kappa shape index (κ2) is 8.12. The molecule has 0 aliphatic heterocycles. The molecule has 1 aliphatic rings. The SMILES string of the molecule is CN=C(NCCCCSC)NCC1(CS(C)(=O)=O)CC1. The first-order valence-electron chi connectivity index (χ1n) is 7.02. The van der Waals surface area contributed by atoms with E-state index in [1.54, 1.807) is 7.05 Å². The summed E-state index contributed by atoms with van der Waals surface area (Å²) in [5.41, 5.74) is -0.0654. The Hall–Kier alpha value is -0.430. The quantitative estimate of drug-likeness (QED) is 0.378. The Kier molecular flexibility index (Phi) is 7.15. The van der Waals surface area contributed by atoms with Crippen LogP contribution in [0.5, 0.6) is 0 Å². The highest BCUT2D eigenvalue weighted by molar-refractivity contribution is 7.98. The second-order valence-electron chi connectivity index (χ2n) is 5.62. The number of thioether (sulfide) groups is 1.